The minimum absolute atomic E-state index is 0.0453. The van der Waals surface area contributed by atoms with Crippen molar-refractivity contribution >= 4 is 35.0 Å². The summed E-state index contributed by atoms with van der Waals surface area (Å²) in [7, 11) is 1.64. The van der Waals surface area contributed by atoms with Crippen LogP contribution in [0.1, 0.15) is 12.0 Å². The summed E-state index contributed by atoms with van der Waals surface area (Å²) in [4.78, 5) is 32.3. The number of carbonyl (C=O) groups excluding carboxylic acids is 2. The molecule has 0 unspecified atom stereocenters. The van der Waals surface area contributed by atoms with Gasteiger partial charge in [0.1, 0.15) is 12.3 Å². The van der Waals surface area contributed by atoms with Crippen LogP contribution in [0.25, 0.3) is 11.3 Å². The van der Waals surface area contributed by atoms with Gasteiger partial charge in [-0.2, -0.15) is 0 Å². The monoisotopic (exact) mass is 584 g/mol. The molecule has 5 rings (SSSR count). The molecule has 9 nitrogen and oxygen atoms in total. The van der Waals surface area contributed by atoms with Crippen LogP contribution in [0.3, 0.4) is 0 Å². The Kier molecular flexibility index (Phi) is 9.51. The molecule has 0 saturated carbocycles. The van der Waals surface area contributed by atoms with Crippen molar-refractivity contribution in [2.45, 2.75) is 13.0 Å². The second-order valence-corrected chi connectivity index (χ2v) is 10.4. The molecule has 42 heavy (non-hydrogen) atoms. The van der Waals surface area contributed by atoms with Gasteiger partial charge in [0.05, 0.1) is 12.8 Å². The standard InChI is InChI=1S/C32H33ClN6O3/c1-42-28-13-5-10-25(20-28)29-14-15-30(36-35-29)37-16-7-17-38(19-18-37)31(40)23-39(22-24-8-3-2-4-9-24)32(41)34-27-12-6-11-26(33)21-27/h2-6,8-15,20-21H,7,16-19,22-23H2,1H3,(H,34,41). The van der Waals surface area contributed by atoms with Crippen LogP contribution >= 0.6 is 11.6 Å². The summed E-state index contributed by atoms with van der Waals surface area (Å²) in [5, 5.41) is 12.3. The van der Waals surface area contributed by atoms with Crippen molar-refractivity contribution in [3.8, 4) is 17.0 Å². The number of methoxy groups -OCH3 is 1. The van der Waals surface area contributed by atoms with Crippen molar-refractivity contribution in [1.29, 1.82) is 0 Å². The Hall–Kier alpha value is -4.63. The van der Waals surface area contributed by atoms with Crippen molar-refractivity contribution in [3.05, 3.63) is 102 Å². The number of rotatable bonds is 8. The smallest absolute Gasteiger partial charge is 0.322 e. The zero-order chi connectivity index (χ0) is 29.3. The second kappa shape index (κ2) is 13.8. The number of benzene rings is 3. The molecule has 216 valence electrons. The number of amides is 3. The van der Waals surface area contributed by atoms with Gasteiger partial charge in [-0.3, -0.25) is 4.79 Å². The van der Waals surface area contributed by atoms with Crippen LogP contribution in [0, 0.1) is 0 Å². The number of ether oxygens (including phenoxy) is 1. The van der Waals surface area contributed by atoms with E-state index in [9.17, 15) is 9.59 Å². The normalized spacial score (nSPS) is 13.3. The highest BCUT2D eigenvalue weighted by molar-refractivity contribution is 6.30. The number of nitrogens with zero attached hydrogens (tertiary/aromatic N) is 5. The fourth-order valence-electron chi connectivity index (χ4n) is 4.86. The van der Waals surface area contributed by atoms with E-state index in [-0.39, 0.29) is 18.5 Å². The van der Waals surface area contributed by atoms with Crippen LogP contribution in [0.4, 0.5) is 16.3 Å². The van der Waals surface area contributed by atoms with E-state index >= 15 is 0 Å². The van der Waals surface area contributed by atoms with Crippen LogP contribution in [0.5, 0.6) is 5.75 Å². The number of carbonyl (C=O) groups is 2. The van der Waals surface area contributed by atoms with Gasteiger partial charge in [-0.05, 0) is 54.4 Å². The number of anilines is 2. The summed E-state index contributed by atoms with van der Waals surface area (Å²) in [6, 6.07) is 27.8. The van der Waals surface area contributed by atoms with Crippen LogP contribution in [-0.2, 0) is 11.3 Å². The van der Waals surface area contributed by atoms with Gasteiger partial charge >= 0.3 is 6.03 Å². The highest BCUT2D eigenvalue weighted by atomic mass is 35.5. The number of urea groups is 1. The molecule has 1 fully saturated rings. The zero-order valence-corrected chi connectivity index (χ0v) is 24.2. The van der Waals surface area contributed by atoms with Gasteiger partial charge in [0.15, 0.2) is 5.82 Å². The van der Waals surface area contributed by atoms with Crippen LogP contribution in [-0.4, -0.2) is 71.8 Å². The second-order valence-electron chi connectivity index (χ2n) is 10.0. The summed E-state index contributed by atoms with van der Waals surface area (Å²) in [5.41, 5.74) is 3.20. The van der Waals surface area contributed by atoms with E-state index < -0.39 is 0 Å². The molecule has 1 aliphatic heterocycles. The van der Waals surface area contributed by atoms with Crippen molar-refractivity contribution in [2.75, 3.05) is 50.1 Å². The zero-order valence-electron chi connectivity index (χ0n) is 23.4. The van der Waals surface area contributed by atoms with Crippen LogP contribution < -0.4 is 15.0 Å². The largest absolute Gasteiger partial charge is 0.497 e. The Morgan fingerprint density at radius 1 is 0.905 bits per heavy atom. The molecule has 0 bridgehead atoms. The number of hydrogen-bond acceptors (Lipinski definition) is 6. The minimum Gasteiger partial charge on any atom is -0.497 e. The van der Waals surface area contributed by atoms with E-state index in [2.05, 4.69) is 20.4 Å². The maximum Gasteiger partial charge on any atom is 0.322 e. The highest BCUT2D eigenvalue weighted by Crippen LogP contribution is 2.23. The van der Waals surface area contributed by atoms with Crippen molar-refractivity contribution < 1.29 is 14.3 Å². The molecule has 0 spiro atoms. The summed E-state index contributed by atoms with van der Waals surface area (Å²) in [5.74, 6) is 1.43. The molecule has 0 aliphatic carbocycles. The Balaban J connectivity index is 1.22. The summed E-state index contributed by atoms with van der Waals surface area (Å²) in [6.45, 7) is 2.74. The van der Waals surface area contributed by atoms with Gasteiger partial charge in [0.2, 0.25) is 5.91 Å². The lowest BCUT2D eigenvalue weighted by Gasteiger charge is -2.27. The maximum atomic E-state index is 13.5. The molecule has 2 heterocycles. The third-order valence-corrected chi connectivity index (χ3v) is 7.33. The fourth-order valence-corrected chi connectivity index (χ4v) is 5.05. The predicted octanol–water partition coefficient (Wildman–Crippen LogP) is 5.58. The van der Waals surface area contributed by atoms with Crippen molar-refractivity contribution in [3.63, 3.8) is 0 Å². The SMILES string of the molecule is COc1cccc(-c2ccc(N3CCCN(C(=O)CN(Cc4ccccc4)C(=O)Nc4cccc(Cl)c4)CC3)nn2)c1. The number of hydrogen-bond donors (Lipinski definition) is 1. The fraction of sp³-hybridized carbons (Fsp3) is 0.250. The van der Waals surface area contributed by atoms with E-state index in [1.807, 2.05) is 71.6 Å². The third-order valence-electron chi connectivity index (χ3n) is 7.09. The lowest BCUT2D eigenvalue weighted by atomic mass is 10.1. The van der Waals surface area contributed by atoms with Crippen LogP contribution in [0.2, 0.25) is 5.02 Å². The minimum atomic E-state index is -0.364. The molecular weight excluding hydrogens is 552 g/mol. The third kappa shape index (κ3) is 7.55. The molecule has 3 aromatic carbocycles. The number of nitrogens with one attached hydrogen (secondary N) is 1. The average molecular weight is 585 g/mol. The van der Waals surface area contributed by atoms with Crippen molar-refractivity contribution in [2.24, 2.45) is 0 Å². The van der Waals surface area contributed by atoms with Gasteiger partial charge in [0, 0.05) is 49.0 Å². The maximum absolute atomic E-state index is 13.5. The van der Waals surface area contributed by atoms with Crippen molar-refractivity contribution in [1.82, 2.24) is 20.0 Å². The Labute approximate surface area is 250 Å². The summed E-state index contributed by atoms with van der Waals surface area (Å²) in [6.07, 6.45) is 0.776. The van der Waals surface area contributed by atoms with E-state index in [1.165, 1.54) is 4.90 Å². The lowest BCUT2D eigenvalue weighted by molar-refractivity contribution is -0.131. The van der Waals surface area contributed by atoms with E-state index in [0.717, 1.165) is 41.4 Å². The Bertz CT molecular complexity index is 1500. The summed E-state index contributed by atoms with van der Waals surface area (Å²) < 4.78 is 5.32. The van der Waals surface area contributed by atoms with Gasteiger partial charge in [-0.1, -0.05) is 60.1 Å². The van der Waals surface area contributed by atoms with E-state index in [4.69, 9.17) is 16.3 Å². The molecule has 0 atom stereocenters. The Morgan fingerprint density at radius 2 is 1.74 bits per heavy atom. The van der Waals surface area contributed by atoms with E-state index in [0.29, 0.717) is 36.9 Å². The molecule has 3 amide bonds. The predicted molar refractivity (Wildman–Crippen MR) is 165 cm³/mol. The van der Waals surface area contributed by atoms with Gasteiger partial charge in [-0.15, -0.1) is 10.2 Å². The topological polar surface area (TPSA) is 90.9 Å². The molecular formula is C32H33ClN6O3. The number of halogens is 1. The van der Waals surface area contributed by atoms with Crippen LogP contribution in [0.15, 0.2) is 91.0 Å². The van der Waals surface area contributed by atoms with Gasteiger partial charge in [0.25, 0.3) is 0 Å². The first-order valence-corrected chi connectivity index (χ1v) is 14.2. The average Bonchev–Trinajstić information content (AvgIpc) is 3.28. The molecule has 1 aliphatic rings. The van der Waals surface area contributed by atoms with E-state index in [1.54, 1.807) is 31.4 Å². The first-order chi connectivity index (χ1) is 20.5. The lowest BCUT2D eigenvalue weighted by Crippen LogP contribution is -2.45. The molecule has 1 N–H and O–H groups in total. The molecule has 10 heteroatoms. The molecule has 1 saturated heterocycles. The first kappa shape index (κ1) is 28.9. The summed E-state index contributed by atoms with van der Waals surface area (Å²) >= 11 is 6.10. The molecule has 1 aromatic heterocycles. The number of aromatic nitrogens is 2. The molecule has 4 aromatic rings. The first-order valence-electron chi connectivity index (χ1n) is 13.8. The Morgan fingerprint density at radius 3 is 2.50 bits per heavy atom. The highest BCUT2D eigenvalue weighted by Gasteiger charge is 2.24. The molecule has 0 radical (unpaired) electrons. The quantitative estimate of drug-likeness (QED) is 0.291. The van der Waals surface area contributed by atoms with Gasteiger partial charge in [-0.25, -0.2) is 4.79 Å². The van der Waals surface area contributed by atoms with Gasteiger partial charge < -0.3 is 24.8 Å².